The number of nitrogens with zero attached hydrogens (tertiary/aromatic N) is 6. The van der Waals surface area contributed by atoms with E-state index in [1.807, 2.05) is 52.9 Å². The van der Waals surface area contributed by atoms with Gasteiger partial charge in [-0.1, -0.05) is 41.9 Å². The molecule has 6 rings (SSSR count). The molecule has 7 nitrogen and oxygen atoms in total. The van der Waals surface area contributed by atoms with E-state index in [1.54, 1.807) is 4.90 Å². The smallest absolute Gasteiger partial charge is 0.253 e. The molecule has 9 heteroatoms. The van der Waals surface area contributed by atoms with Gasteiger partial charge in [0.05, 0.1) is 5.52 Å². The van der Waals surface area contributed by atoms with Crippen LogP contribution in [0.2, 0.25) is 5.02 Å². The molecule has 3 aromatic carbocycles. The first-order valence-corrected chi connectivity index (χ1v) is 11.7. The Morgan fingerprint density at radius 1 is 0.886 bits per heavy atom. The van der Waals surface area contributed by atoms with Crippen LogP contribution in [0.3, 0.4) is 0 Å². The van der Waals surface area contributed by atoms with E-state index < -0.39 is 0 Å². The fourth-order valence-corrected chi connectivity index (χ4v) is 4.63. The summed E-state index contributed by atoms with van der Waals surface area (Å²) in [4.78, 5) is 21.8. The quantitative estimate of drug-likeness (QED) is 0.370. The number of rotatable bonds is 3. The minimum Gasteiger partial charge on any atom is -0.338 e. The van der Waals surface area contributed by atoms with Crippen LogP contribution in [0.4, 0.5) is 10.3 Å². The lowest BCUT2D eigenvalue weighted by molar-refractivity contribution is 0.0746. The summed E-state index contributed by atoms with van der Waals surface area (Å²) >= 11 is 6.27. The van der Waals surface area contributed by atoms with Gasteiger partial charge in [0.15, 0.2) is 11.5 Å². The summed E-state index contributed by atoms with van der Waals surface area (Å²) in [5.74, 6) is 0.931. The molecular formula is C26H20ClFN6O. The summed E-state index contributed by atoms with van der Waals surface area (Å²) in [5.41, 5.74) is 2.84. The van der Waals surface area contributed by atoms with Crippen molar-refractivity contribution in [3.8, 4) is 11.4 Å². The van der Waals surface area contributed by atoms with E-state index in [-0.39, 0.29) is 11.7 Å². The molecule has 0 spiro atoms. The van der Waals surface area contributed by atoms with Crippen LogP contribution in [0.1, 0.15) is 10.4 Å². The molecule has 1 amide bonds. The van der Waals surface area contributed by atoms with Gasteiger partial charge in [-0.25, -0.2) is 13.8 Å². The molecule has 174 valence electrons. The number of anilines is 1. The standard InChI is InChI=1S/C26H20ClFN6O/c27-19-8-11-21-22(16-19)29-26(34-23(30-31-24(21)34)17-4-2-1-3-5-17)33-14-12-32(13-15-33)25(35)18-6-9-20(28)10-7-18/h1-11,16H,12-15H2. The SMILES string of the molecule is O=C(c1ccc(F)cc1)N1CCN(c2nc3cc(Cl)ccc3c3nnc(-c4ccccc4)n23)CC1. The number of hydrogen-bond donors (Lipinski definition) is 0. The second kappa shape index (κ2) is 8.63. The number of fused-ring (bicyclic) bond motifs is 3. The lowest BCUT2D eigenvalue weighted by Crippen LogP contribution is -2.49. The maximum Gasteiger partial charge on any atom is 0.253 e. The highest BCUT2D eigenvalue weighted by Gasteiger charge is 2.26. The van der Waals surface area contributed by atoms with Crippen molar-refractivity contribution in [2.75, 3.05) is 31.1 Å². The van der Waals surface area contributed by atoms with Gasteiger partial charge in [0.2, 0.25) is 5.95 Å². The minimum absolute atomic E-state index is 0.109. The molecule has 0 N–H and O–H groups in total. The molecule has 2 aromatic heterocycles. The molecule has 1 aliphatic heterocycles. The summed E-state index contributed by atoms with van der Waals surface area (Å²) in [6, 6.07) is 21.1. The third kappa shape index (κ3) is 3.85. The zero-order valence-electron chi connectivity index (χ0n) is 18.6. The Kier molecular flexibility index (Phi) is 5.30. The fraction of sp³-hybridized carbons (Fsp3) is 0.154. The van der Waals surface area contributed by atoms with E-state index in [0.717, 1.165) is 16.5 Å². The molecule has 0 unspecified atom stereocenters. The summed E-state index contributed by atoms with van der Waals surface area (Å²) in [7, 11) is 0. The topological polar surface area (TPSA) is 66.6 Å². The van der Waals surface area contributed by atoms with E-state index in [4.69, 9.17) is 16.6 Å². The van der Waals surface area contributed by atoms with E-state index in [9.17, 15) is 9.18 Å². The van der Waals surface area contributed by atoms with Crippen LogP contribution >= 0.6 is 11.6 Å². The van der Waals surface area contributed by atoms with Crippen molar-refractivity contribution >= 4 is 40.0 Å². The van der Waals surface area contributed by atoms with Crippen LogP contribution in [0.25, 0.3) is 27.9 Å². The lowest BCUT2D eigenvalue weighted by atomic mass is 10.1. The van der Waals surface area contributed by atoms with Crippen LogP contribution in [-0.2, 0) is 0 Å². The van der Waals surface area contributed by atoms with E-state index in [0.29, 0.717) is 54.2 Å². The zero-order chi connectivity index (χ0) is 23.9. The number of halogens is 2. The van der Waals surface area contributed by atoms with Crippen molar-refractivity contribution in [1.29, 1.82) is 0 Å². The Bertz CT molecular complexity index is 1550. The fourth-order valence-electron chi connectivity index (χ4n) is 4.46. The normalized spacial score (nSPS) is 14.1. The van der Waals surface area contributed by atoms with Gasteiger partial charge in [-0.3, -0.25) is 4.79 Å². The van der Waals surface area contributed by atoms with Crippen LogP contribution < -0.4 is 4.90 Å². The lowest BCUT2D eigenvalue weighted by Gasteiger charge is -2.35. The molecule has 5 aromatic rings. The van der Waals surface area contributed by atoms with E-state index in [2.05, 4.69) is 15.1 Å². The highest BCUT2D eigenvalue weighted by molar-refractivity contribution is 6.31. The first-order chi connectivity index (χ1) is 17.1. The zero-order valence-corrected chi connectivity index (χ0v) is 19.4. The number of carbonyl (C=O) groups is 1. The monoisotopic (exact) mass is 486 g/mol. The molecule has 0 radical (unpaired) electrons. The van der Waals surface area contributed by atoms with Gasteiger partial charge in [0.1, 0.15) is 5.82 Å². The first kappa shape index (κ1) is 21.5. The summed E-state index contributed by atoms with van der Waals surface area (Å²) in [6.45, 7) is 2.17. The van der Waals surface area contributed by atoms with Gasteiger partial charge >= 0.3 is 0 Å². The van der Waals surface area contributed by atoms with Gasteiger partial charge < -0.3 is 9.80 Å². The molecule has 0 atom stereocenters. The first-order valence-electron chi connectivity index (χ1n) is 11.3. The minimum atomic E-state index is -0.360. The van der Waals surface area contributed by atoms with Crippen molar-refractivity contribution < 1.29 is 9.18 Å². The number of benzene rings is 3. The average molecular weight is 487 g/mol. The van der Waals surface area contributed by atoms with E-state index >= 15 is 0 Å². The predicted octanol–water partition coefficient (Wildman–Crippen LogP) is 4.70. The summed E-state index contributed by atoms with van der Waals surface area (Å²) in [5, 5.41) is 10.5. The van der Waals surface area contributed by atoms with Crippen molar-refractivity contribution in [3.63, 3.8) is 0 Å². The highest BCUT2D eigenvalue weighted by Crippen LogP contribution is 2.30. The molecule has 1 aliphatic rings. The third-order valence-electron chi connectivity index (χ3n) is 6.26. The number of amides is 1. The van der Waals surface area contributed by atoms with Crippen molar-refractivity contribution in [2.45, 2.75) is 0 Å². The Balaban J connectivity index is 1.38. The van der Waals surface area contributed by atoms with Crippen molar-refractivity contribution in [2.24, 2.45) is 0 Å². The number of piperazine rings is 1. The molecular weight excluding hydrogens is 467 g/mol. The van der Waals surface area contributed by atoms with Crippen LogP contribution in [0, 0.1) is 5.82 Å². The Hall–Kier alpha value is -4.04. The van der Waals surface area contributed by atoms with Crippen LogP contribution in [0.5, 0.6) is 0 Å². The third-order valence-corrected chi connectivity index (χ3v) is 6.49. The van der Waals surface area contributed by atoms with Crippen molar-refractivity contribution in [3.05, 3.63) is 89.2 Å². The number of hydrogen-bond acceptors (Lipinski definition) is 5. The molecule has 3 heterocycles. The molecule has 0 aliphatic carbocycles. The molecule has 1 saturated heterocycles. The second-order valence-corrected chi connectivity index (χ2v) is 8.84. The summed E-state index contributed by atoms with van der Waals surface area (Å²) < 4.78 is 15.2. The molecule has 0 bridgehead atoms. The van der Waals surface area contributed by atoms with Crippen molar-refractivity contribution in [1.82, 2.24) is 24.5 Å². The molecule has 0 saturated carbocycles. The highest BCUT2D eigenvalue weighted by atomic mass is 35.5. The number of aromatic nitrogens is 4. The van der Waals surface area contributed by atoms with Gasteiger partial charge in [-0.05, 0) is 42.5 Å². The summed E-state index contributed by atoms with van der Waals surface area (Å²) in [6.07, 6.45) is 0. The van der Waals surface area contributed by atoms with Gasteiger partial charge in [-0.15, -0.1) is 10.2 Å². The maximum atomic E-state index is 13.3. The van der Waals surface area contributed by atoms with Crippen LogP contribution in [0.15, 0.2) is 72.8 Å². The van der Waals surface area contributed by atoms with Gasteiger partial charge in [0, 0.05) is 47.7 Å². The second-order valence-electron chi connectivity index (χ2n) is 8.41. The largest absolute Gasteiger partial charge is 0.338 e. The Morgan fingerprint density at radius 3 is 2.37 bits per heavy atom. The average Bonchev–Trinajstić information content (AvgIpc) is 3.34. The predicted molar refractivity (Wildman–Crippen MR) is 133 cm³/mol. The van der Waals surface area contributed by atoms with Crippen LogP contribution in [-0.4, -0.2) is 56.6 Å². The molecule has 1 fully saturated rings. The Morgan fingerprint density at radius 2 is 1.63 bits per heavy atom. The maximum absolute atomic E-state index is 13.3. The van der Waals surface area contributed by atoms with E-state index in [1.165, 1.54) is 24.3 Å². The Labute approximate surface area is 205 Å². The molecule has 35 heavy (non-hydrogen) atoms. The van der Waals surface area contributed by atoms with Gasteiger partial charge in [-0.2, -0.15) is 0 Å². The number of carbonyl (C=O) groups excluding carboxylic acids is 1. The van der Waals surface area contributed by atoms with Gasteiger partial charge in [0.25, 0.3) is 5.91 Å².